The van der Waals surface area contributed by atoms with Gasteiger partial charge in [0.1, 0.15) is 12.4 Å². The Morgan fingerprint density at radius 1 is 1.17 bits per heavy atom. The number of ether oxygens (including phenoxy) is 1. The van der Waals surface area contributed by atoms with Crippen LogP contribution in [0.4, 0.5) is 16.2 Å². The summed E-state index contributed by atoms with van der Waals surface area (Å²) in [7, 11) is 0. The third-order valence-electron chi connectivity index (χ3n) is 5.64. The average molecular weight is 409 g/mol. The van der Waals surface area contributed by atoms with E-state index in [0.29, 0.717) is 43.6 Å². The van der Waals surface area contributed by atoms with Crippen molar-refractivity contribution in [2.75, 3.05) is 43.4 Å². The summed E-state index contributed by atoms with van der Waals surface area (Å²) in [6.45, 7) is 6.63. The summed E-state index contributed by atoms with van der Waals surface area (Å²) in [6, 6.07) is 15.2. The Hall–Kier alpha value is -3.06. The Morgan fingerprint density at radius 3 is 2.73 bits per heavy atom. The van der Waals surface area contributed by atoms with E-state index < -0.39 is 0 Å². The number of urea groups is 1. The molecule has 1 saturated heterocycles. The smallest absolute Gasteiger partial charge is 0.321 e. The van der Waals surface area contributed by atoms with Crippen molar-refractivity contribution < 1.29 is 14.3 Å². The normalized spacial score (nSPS) is 19.5. The molecule has 1 atom stereocenters. The molecule has 2 aromatic rings. The number of benzene rings is 2. The Kier molecular flexibility index (Phi) is 5.90. The number of carbonyl (C=O) groups excluding carboxylic acids is 2. The molecule has 30 heavy (non-hydrogen) atoms. The Bertz CT molecular complexity index is 916. The zero-order valence-electron chi connectivity index (χ0n) is 17.4. The number of anilines is 2. The molecule has 2 aromatic carbocycles. The van der Waals surface area contributed by atoms with Crippen LogP contribution in [-0.2, 0) is 4.79 Å². The minimum Gasteiger partial charge on any atom is -0.490 e. The number of hydrogen-bond donors (Lipinski definition) is 2. The fourth-order valence-electron chi connectivity index (χ4n) is 3.86. The van der Waals surface area contributed by atoms with Gasteiger partial charge in [-0.15, -0.1) is 0 Å². The molecule has 0 spiro atoms. The van der Waals surface area contributed by atoms with Crippen LogP contribution in [0.2, 0.25) is 0 Å². The van der Waals surface area contributed by atoms with Gasteiger partial charge >= 0.3 is 6.03 Å². The molecule has 2 aliphatic rings. The second kappa shape index (κ2) is 8.75. The number of piperazine rings is 1. The minimum absolute atomic E-state index is 0.0539. The van der Waals surface area contributed by atoms with Gasteiger partial charge in [0.2, 0.25) is 5.91 Å². The summed E-state index contributed by atoms with van der Waals surface area (Å²) in [5.74, 6) is 0.971. The maximum Gasteiger partial charge on any atom is 0.321 e. The van der Waals surface area contributed by atoms with Crippen molar-refractivity contribution in [2.24, 2.45) is 0 Å². The van der Waals surface area contributed by atoms with Crippen molar-refractivity contribution in [1.29, 1.82) is 0 Å². The molecular formula is C23H28N4O3. The van der Waals surface area contributed by atoms with Crippen molar-refractivity contribution in [3.8, 4) is 5.75 Å². The second-order valence-electron chi connectivity index (χ2n) is 8.14. The zero-order chi connectivity index (χ0) is 21.1. The molecule has 158 valence electrons. The highest BCUT2D eigenvalue weighted by Crippen LogP contribution is 2.30. The van der Waals surface area contributed by atoms with Gasteiger partial charge in [0, 0.05) is 25.3 Å². The lowest BCUT2D eigenvalue weighted by Crippen LogP contribution is -2.58. The number of hydrogen-bond acceptors (Lipinski definition) is 4. The molecule has 0 unspecified atom stereocenters. The molecule has 1 fully saturated rings. The number of nitrogens with one attached hydrogen (secondary N) is 2. The van der Waals surface area contributed by atoms with E-state index in [1.165, 1.54) is 0 Å². The van der Waals surface area contributed by atoms with Gasteiger partial charge < -0.3 is 20.3 Å². The SMILES string of the molecule is CC(C)c1ccc2c(c1)NC(=O)CN1CCN(C(=O)Nc3ccccc3)C[C@H]1CO2. The Balaban J connectivity index is 1.47. The van der Waals surface area contributed by atoms with Gasteiger partial charge in [0.15, 0.2) is 0 Å². The summed E-state index contributed by atoms with van der Waals surface area (Å²) in [5, 5.41) is 5.94. The van der Waals surface area contributed by atoms with Crippen LogP contribution in [0.15, 0.2) is 48.5 Å². The van der Waals surface area contributed by atoms with Crippen LogP contribution in [0.25, 0.3) is 0 Å². The highest BCUT2D eigenvalue weighted by molar-refractivity contribution is 5.94. The van der Waals surface area contributed by atoms with E-state index in [2.05, 4.69) is 29.4 Å². The number of nitrogens with zero attached hydrogens (tertiary/aromatic N) is 2. The molecule has 4 rings (SSSR count). The quantitative estimate of drug-likeness (QED) is 0.799. The fourth-order valence-corrected chi connectivity index (χ4v) is 3.86. The summed E-state index contributed by atoms with van der Waals surface area (Å²) >= 11 is 0. The van der Waals surface area contributed by atoms with Crippen molar-refractivity contribution in [2.45, 2.75) is 25.8 Å². The lowest BCUT2D eigenvalue weighted by Gasteiger charge is -2.40. The predicted octanol–water partition coefficient (Wildman–Crippen LogP) is 3.36. The maximum atomic E-state index is 12.7. The van der Waals surface area contributed by atoms with Gasteiger partial charge in [-0.05, 0) is 35.7 Å². The standard InChI is InChI=1S/C23H28N4O3/c1-16(2)17-8-9-21-20(12-17)25-22(28)14-26-10-11-27(13-19(26)15-30-21)23(29)24-18-6-4-3-5-7-18/h3-9,12,16,19H,10-11,13-15H2,1-2H3,(H,24,29)(H,25,28)/t19-/m0/s1. The highest BCUT2D eigenvalue weighted by atomic mass is 16.5. The first kappa shape index (κ1) is 20.2. The second-order valence-corrected chi connectivity index (χ2v) is 8.14. The molecule has 2 aliphatic heterocycles. The summed E-state index contributed by atoms with van der Waals surface area (Å²) in [5.41, 5.74) is 2.63. The van der Waals surface area contributed by atoms with Gasteiger partial charge in [-0.2, -0.15) is 0 Å². The first-order valence-corrected chi connectivity index (χ1v) is 10.4. The van der Waals surface area contributed by atoms with Crippen LogP contribution in [0, 0.1) is 0 Å². The van der Waals surface area contributed by atoms with E-state index in [9.17, 15) is 9.59 Å². The Morgan fingerprint density at radius 2 is 1.97 bits per heavy atom. The lowest BCUT2D eigenvalue weighted by molar-refractivity contribution is -0.118. The molecule has 7 nitrogen and oxygen atoms in total. The topological polar surface area (TPSA) is 73.9 Å². The average Bonchev–Trinajstić information content (AvgIpc) is 2.80. The summed E-state index contributed by atoms with van der Waals surface area (Å²) < 4.78 is 6.09. The van der Waals surface area contributed by atoms with E-state index in [1.54, 1.807) is 4.90 Å². The minimum atomic E-state index is -0.132. The first-order chi connectivity index (χ1) is 14.5. The molecule has 2 heterocycles. The predicted molar refractivity (Wildman–Crippen MR) is 117 cm³/mol. The van der Waals surface area contributed by atoms with Crippen molar-refractivity contribution >= 4 is 23.3 Å². The van der Waals surface area contributed by atoms with Crippen LogP contribution in [-0.4, -0.2) is 60.6 Å². The van der Waals surface area contributed by atoms with Crippen molar-refractivity contribution in [3.05, 3.63) is 54.1 Å². The van der Waals surface area contributed by atoms with E-state index in [1.807, 2.05) is 48.5 Å². The van der Waals surface area contributed by atoms with Crippen LogP contribution in [0.3, 0.4) is 0 Å². The molecular weight excluding hydrogens is 380 g/mol. The molecule has 0 bridgehead atoms. The van der Waals surface area contributed by atoms with Gasteiger partial charge in [-0.1, -0.05) is 38.1 Å². The van der Waals surface area contributed by atoms with E-state index in [4.69, 9.17) is 4.74 Å². The van der Waals surface area contributed by atoms with Crippen LogP contribution < -0.4 is 15.4 Å². The van der Waals surface area contributed by atoms with Gasteiger partial charge in [0.05, 0.1) is 18.3 Å². The third-order valence-corrected chi connectivity index (χ3v) is 5.64. The van der Waals surface area contributed by atoms with Crippen molar-refractivity contribution in [3.63, 3.8) is 0 Å². The Labute approximate surface area is 177 Å². The van der Waals surface area contributed by atoms with E-state index in [0.717, 1.165) is 11.3 Å². The largest absolute Gasteiger partial charge is 0.490 e. The van der Waals surface area contributed by atoms with E-state index in [-0.39, 0.29) is 24.5 Å². The highest BCUT2D eigenvalue weighted by Gasteiger charge is 2.32. The fraction of sp³-hybridized carbons (Fsp3) is 0.391. The van der Waals surface area contributed by atoms with Crippen molar-refractivity contribution in [1.82, 2.24) is 9.80 Å². The molecule has 2 N–H and O–H groups in total. The first-order valence-electron chi connectivity index (χ1n) is 10.4. The summed E-state index contributed by atoms with van der Waals surface area (Å²) in [4.78, 5) is 29.2. The number of rotatable bonds is 2. The molecule has 0 saturated carbocycles. The molecule has 3 amide bonds. The molecule has 0 aliphatic carbocycles. The van der Waals surface area contributed by atoms with Crippen LogP contribution >= 0.6 is 0 Å². The number of amides is 3. The molecule has 7 heteroatoms. The monoisotopic (exact) mass is 408 g/mol. The van der Waals surface area contributed by atoms with E-state index >= 15 is 0 Å². The number of fused-ring (bicyclic) bond motifs is 2. The molecule has 0 aromatic heterocycles. The maximum absolute atomic E-state index is 12.7. The third kappa shape index (κ3) is 4.57. The lowest BCUT2D eigenvalue weighted by atomic mass is 10.0. The number of carbonyl (C=O) groups is 2. The van der Waals surface area contributed by atoms with Gasteiger partial charge in [-0.25, -0.2) is 4.79 Å². The zero-order valence-corrected chi connectivity index (χ0v) is 17.4. The van der Waals surface area contributed by atoms with Crippen LogP contribution in [0.5, 0.6) is 5.75 Å². The van der Waals surface area contributed by atoms with Crippen LogP contribution in [0.1, 0.15) is 25.3 Å². The van der Waals surface area contributed by atoms with Gasteiger partial charge in [0.25, 0.3) is 0 Å². The van der Waals surface area contributed by atoms with Gasteiger partial charge in [-0.3, -0.25) is 9.69 Å². The molecule has 0 radical (unpaired) electrons. The summed E-state index contributed by atoms with van der Waals surface area (Å²) in [6.07, 6.45) is 0. The number of para-hydroxylation sites is 1.